The van der Waals surface area contributed by atoms with Crippen LogP contribution in [0, 0.1) is 15.5 Å². The molecular weight excluding hydrogens is 305 g/mol. The van der Waals surface area contributed by atoms with Crippen molar-refractivity contribution in [1.29, 1.82) is 0 Å². The number of hydrogen-bond acceptors (Lipinski definition) is 4. The lowest BCUT2D eigenvalue weighted by atomic mass is 9.63. The smallest absolute Gasteiger partial charge is 0.312 e. The van der Waals surface area contributed by atoms with E-state index in [4.69, 9.17) is 27.9 Å². The Morgan fingerprint density at radius 1 is 1.50 bits per heavy atom. The minimum atomic E-state index is -0.560. The summed E-state index contributed by atoms with van der Waals surface area (Å²) in [6.45, 7) is 3.84. The van der Waals surface area contributed by atoms with Crippen molar-refractivity contribution < 1.29 is 14.8 Å². The van der Waals surface area contributed by atoms with Crippen molar-refractivity contribution >= 4 is 28.9 Å². The monoisotopic (exact) mass is 319 g/mol. The number of halogens is 2. The molecule has 3 unspecified atom stereocenters. The fourth-order valence-electron chi connectivity index (χ4n) is 2.35. The van der Waals surface area contributed by atoms with Gasteiger partial charge < -0.3 is 9.84 Å². The second-order valence-corrected chi connectivity index (χ2v) is 6.02. The molecule has 20 heavy (non-hydrogen) atoms. The van der Waals surface area contributed by atoms with Gasteiger partial charge in [0.2, 0.25) is 0 Å². The van der Waals surface area contributed by atoms with Gasteiger partial charge in [0.15, 0.2) is 5.75 Å². The van der Waals surface area contributed by atoms with Gasteiger partial charge in [-0.1, -0.05) is 37.0 Å². The van der Waals surface area contributed by atoms with Crippen molar-refractivity contribution in [2.45, 2.75) is 38.9 Å². The van der Waals surface area contributed by atoms with E-state index in [1.165, 1.54) is 12.1 Å². The third-order valence-corrected chi connectivity index (χ3v) is 4.89. The number of rotatable bonds is 4. The highest BCUT2D eigenvalue weighted by Crippen LogP contribution is 2.47. The van der Waals surface area contributed by atoms with E-state index in [1.54, 1.807) is 0 Å². The Balaban J connectivity index is 2.30. The zero-order valence-corrected chi connectivity index (χ0v) is 12.6. The van der Waals surface area contributed by atoms with Crippen LogP contribution in [0.1, 0.15) is 26.7 Å². The minimum absolute atomic E-state index is 0.0842. The van der Waals surface area contributed by atoms with Crippen molar-refractivity contribution in [3.05, 3.63) is 32.3 Å². The Hall–Kier alpha value is -1.04. The maximum Gasteiger partial charge on any atom is 0.312 e. The number of aliphatic hydroxyl groups excluding tert-OH is 1. The lowest BCUT2D eigenvalue weighted by molar-refractivity contribution is -0.386. The lowest BCUT2D eigenvalue weighted by Gasteiger charge is -2.50. The molecule has 1 aromatic rings. The fraction of sp³-hybridized carbons (Fsp3) is 0.538. The molecule has 0 spiro atoms. The van der Waals surface area contributed by atoms with Crippen LogP contribution in [-0.4, -0.2) is 22.2 Å². The second kappa shape index (κ2) is 5.39. The van der Waals surface area contributed by atoms with Gasteiger partial charge in [-0.05, 0) is 6.42 Å². The van der Waals surface area contributed by atoms with Crippen molar-refractivity contribution in [3.63, 3.8) is 0 Å². The second-order valence-electron chi connectivity index (χ2n) is 5.21. The largest absolute Gasteiger partial charge is 0.483 e. The zero-order valence-electron chi connectivity index (χ0n) is 11.1. The number of ether oxygens (including phenoxy) is 1. The van der Waals surface area contributed by atoms with Crippen LogP contribution in [0.3, 0.4) is 0 Å². The summed E-state index contributed by atoms with van der Waals surface area (Å²) < 4.78 is 5.71. The Kier molecular flexibility index (Phi) is 4.14. The maximum atomic E-state index is 11.0. The van der Waals surface area contributed by atoms with E-state index in [0.717, 1.165) is 0 Å². The summed E-state index contributed by atoms with van der Waals surface area (Å²) in [6.07, 6.45) is 0.424. The molecule has 3 atom stereocenters. The Morgan fingerprint density at radius 3 is 2.60 bits per heavy atom. The van der Waals surface area contributed by atoms with Crippen molar-refractivity contribution in [2.75, 3.05) is 0 Å². The zero-order chi connectivity index (χ0) is 15.1. The number of nitrogens with zero attached hydrogens (tertiary/aromatic N) is 1. The van der Waals surface area contributed by atoms with E-state index in [1.807, 2.05) is 13.8 Å². The first kappa shape index (κ1) is 15.4. The van der Waals surface area contributed by atoms with Gasteiger partial charge in [-0.25, -0.2) is 0 Å². The van der Waals surface area contributed by atoms with E-state index < -0.39 is 16.4 Å². The summed E-state index contributed by atoms with van der Waals surface area (Å²) in [5.74, 6) is 0.0842. The van der Waals surface area contributed by atoms with Gasteiger partial charge in [-0.3, -0.25) is 10.1 Å². The molecule has 1 N–H and O–H groups in total. The van der Waals surface area contributed by atoms with Crippen molar-refractivity contribution in [2.24, 2.45) is 5.41 Å². The average Bonchev–Trinajstić information content (AvgIpc) is 2.40. The molecule has 1 aromatic carbocycles. The molecule has 0 radical (unpaired) electrons. The number of nitro groups is 1. The summed E-state index contributed by atoms with van der Waals surface area (Å²) >= 11 is 11.7. The molecule has 0 heterocycles. The van der Waals surface area contributed by atoms with Crippen LogP contribution in [-0.2, 0) is 0 Å². The normalized spacial score (nSPS) is 28.9. The number of aliphatic hydroxyl groups is 1. The summed E-state index contributed by atoms with van der Waals surface area (Å²) in [7, 11) is 0. The van der Waals surface area contributed by atoms with Gasteiger partial charge >= 0.3 is 5.69 Å². The van der Waals surface area contributed by atoms with Crippen LogP contribution in [0.5, 0.6) is 5.75 Å². The van der Waals surface area contributed by atoms with Crippen LogP contribution in [0.4, 0.5) is 5.69 Å². The molecule has 0 aromatic heterocycles. The SMILES string of the molecule is CCC1(C)C(O)CC1Oc1cc(Cl)c(Cl)cc1[N+](=O)[O-]. The number of nitro benzene ring substituents is 1. The predicted octanol–water partition coefficient (Wildman–Crippen LogP) is 3.83. The van der Waals surface area contributed by atoms with Gasteiger partial charge in [0, 0.05) is 24.0 Å². The highest BCUT2D eigenvalue weighted by Gasteiger charge is 2.52. The molecule has 1 aliphatic rings. The van der Waals surface area contributed by atoms with Gasteiger partial charge in [0.05, 0.1) is 21.1 Å². The van der Waals surface area contributed by atoms with Crippen LogP contribution >= 0.6 is 23.2 Å². The first-order valence-electron chi connectivity index (χ1n) is 6.27. The van der Waals surface area contributed by atoms with Crippen LogP contribution in [0.25, 0.3) is 0 Å². The molecule has 1 fully saturated rings. The Bertz CT molecular complexity index is 551. The minimum Gasteiger partial charge on any atom is -0.483 e. The highest BCUT2D eigenvalue weighted by atomic mass is 35.5. The molecule has 2 rings (SSSR count). The molecule has 1 aliphatic carbocycles. The molecule has 0 saturated heterocycles. The van der Waals surface area contributed by atoms with Gasteiger partial charge in [0.25, 0.3) is 0 Å². The van der Waals surface area contributed by atoms with Gasteiger partial charge in [-0.15, -0.1) is 0 Å². The van der Waals surface area contributed by atoms with E-state index in [2.05, 4.69) is 0 Å². The molecule has 5 nitrogen and oxygen atoms in total. The average molecular weight is 320 g/mol. The molecule has 110 valence electrons. The fourth-order valence-corrected chi connectivity index (χ4v) is 2.66. The number of hydrogen-bond donors (Lipinski definition) is 1. The molecule has 0 amide bonds. The topological polar surface area (TPSA) is 72.6 Å². The van der Waals surface area contributed by atoms with Crippen LogP contribution < -0.4 is 4.74 Å². The Morgan fingerprint density at radius 2 is 2.10 bits per heavy atom. The van der Waals surface area contributed by atoms with Crippen LogP contribution in [0.2, 0.25) is 10.0 Å². The number of benzene rings is 1. The van der Waals surface area contributed by atoms with E-state index >= 15 is 0 Å². The summed E-state index contributed by atoms with van der Waals surface area (Å²) in [4.78, 5) is 10.5. The first-order valence-corrected chi connectivity index (χ1v) is 7.03. The van der Waals surface area contributed by atoms with Crippen molar-refractivity contribution in [1.82, 2.24) is 0 Å². The standard InChI is InChI=1S/C13H15Cl2NO4/c1-3-13(2)11(17)6-12(13)20-10-5-8(15)7(14)4-9(10)16(18)19/h4-5,11-12,17H,3,6H2,1-2H3. The molecule has 0 bridgehead atoms. The summed E-state index contributed by atoms with van der Waals surface area (Å²) in [5, 5.41) is 21.2. The van der Waals surface area contributed by atoms with E-state index in [-0.39, 0.29) is 27.6 Å². The third-order valence-electron chi connectivity index (χ3n) is 4.16. The maximum absolute atomic E-state index is 11.0. The van der Waals surface area contributed by atoms with Gasteiger partial charge in [-0.2, -0.15) is 0 Å². The summed E-state index contributed by atoms with van der Waals surface area (Å²) in [5.41, 5.74) is -0.626. The Labute approximate surface area is 126 Å². The molecule has 1 saturated carbocycles. The molecule has 0 aliphatic heterocycles. The van der Waals surface area contributed by atoms with Crippen molar-refractivity contribution in [3.8, 4) is 5.75 Å². The van der Waals surface area contributed by atoms with E-state index in [9.17, 15) is 15.2 Å². The quantitative estimate of drug-likeness (QED) is 0.676. The van der Waals surface area contributed by atoms with Crippen LogP contribution in [0.15, 0.2) is 12.1 Å². The summed E-state index contributed by atoms with van der Waals surface area (Å²) in [6, 6.07) is 2.53. The highest BCUT2D eigenvalue weighted by molar-refractivity contribution is 6.42. The predicted molar refractivity (Wildman–Crippen MR) is 76.6 cm³/mol. The third kappa shape index (κ3) is 2.45. The lowest BCUT2D eigenvalue weighted by Crippen LogP contribution is -2.57. The first-order chi connectivity index (χ1) is 9.29. The van der Waals surface area contributed by atoms with Gasteiger partial charge in [0.1, 0.15) is 6.10 Å². The van der Waals surface area contributed by atoms with E-state index in [0.29, 0.717) is 12.8 Å². The molecule has 7 heteroatoms. The molecular formula is C13H15Cl2NO4.